The summed E-state index contributed by atoms with van der Waals surface area (Å²) in [5, 5.41) is 0. The number of carbonyl (C=O) groups is 2. The Morgan fingerprint density at radius 1 is 1.04 bits per heavy atom. The summed E-state index contributed by atoms with van der Waals surface area (Å²) in [5.41, 5.74) is 0.0150. The van der Waals surface area contributed by atoms with Gasteiger partial charge in [0, 0.05) is 39.3 Å². The van der Waals surface area contributed by atoms with Gasteiger partial charge in [0.05, 0.1) is 12.8 Å². The molecule has 1 aromatic rings. The van der Waals surface area contributed by atoms with Gasteiger partial charge in [-0.1, -0.05) is 26.0 Å². The van der Waals surface area contributed by atoms with Crippen molar-refractivity contribution in [3.8, 4) is 5.75 Å². The Labute approximate surface area is 169 Å². The summed E-state index contributed by atoms with van der Waals surface area (Å²) in [7, 11) is 1.67. The van der Waals surface area contributed by atoms with E-state index in [1.165, 1.54) is 0 Å². The van der Waals surface area contributed by atoms with Crippen LogP contribution in [0, 0.1) is 5.41 Å². The third-order valence-corrected chi connectivity index (χ3v) is 5.34. The van der Waals surface area contributed by atoms with Crippen LogP contribution in [0.4, 0.5) is 5.69 Å². The fraction of sp³-hybridized carbons (Fsp3) is 0.636. The molecule has 1 aliphatic heterocycles. The van der Waals surface area contributed by atoms with Crippen molar-refractivity contribution < 1.29 is 14.3 Å². The van der Waals surface area contributed by atoms with Crippen molar-refractivity contribution in [3.05, 3.63) is 24.3 Å². The molecule has 0 atom stereocenters. The highest BCUT2D eigenvalue weighted by Gasteiger charge is 2.42. The van der Waals surface area contributed by atoms with Crippen molar-refractivity contribution in [3.63, 3.8) is 0 Å². The van der Waals surface area contributed by atoms with E-state index >= 15 is 0 Å². The van der Waals surface area contributed by atoms with E-state index in [1.807, 2.05) is 34.1 Å². The number of hydrogen-bond acceptors (Lipinski definition) is 4. The quantitative estimate of drug-likeness (QED) is 0.642. The molecule has 2 rings (SSSR count). The zero-order valence-electron chi connectivity index (χ0n) is 18.0. The summed E-state index contributed by atoms with van der Waals surface area (Å²) in [6.07, 6.45) is 1.79. The van der Waals surface area contributed by atoms with E-state index in [9.17, 15) is 9.59 Å². The van der Waals surface area contributed by atoms with E-state index < -0.39 is 5.41 Å². The van der Waals surface area contributed by atoms with Gasteiger partial charge in [0.2, 0.25) is 11.8 Å². The monoisotopic (exact) mass is 389 g/mol. The van der Waals surface area contributed by atoms with Gasteiger partial charge in [-0.3, -0.25) is 9.59 Å². The van der Waals surface area contributed by atoms with Crippen LogP contribution in [-0.4, -0.2) is 68.0 Å². The maximum absolute atomic E-state index is 13.2. The average Bonchev–Trinajstić information content (AvgIpc) is 2.72. The molecular formula is C22H35N3O3. The Bertz CT molecular complexity index is 661. The van der Waals surface area contributed by atoms with E-state index in [0.717, 1.165) is 37.4 Å². The molecule has 6 heteroatoms. The fourth-order valence-electron chi connectivity index (χ4n) is 3.78. The molecule has 156 valence electrons. The third kappa shape index (κ3) is 4.78. The molecule has 28 heavy (non-hydrogen) atoms. The molecule has 0 unspecified atom stereocenters. The zero-order chi connectivity index (χ0) is 20.7. The molecule has 0 saturated carbocycles. The Hall–Kier alpha value is -2.24. The largest absolute Gasteiger partial charge is 0.495 e. The van der Waals surface area contributed by atoms with Gasteiger partial charge in [0.1, 0.15) is 11.2 Å². The van der Waals surface area contributed by atoms with Crippen molar-refractivity contribution in [2.45, 2.75) is 40.5 Å². The number of methoxy groups -OCH3 is 1. The molecule has 0 bridgehead atoms. The van der Waals surface area contributed by atoms with Crippen LogP contribution >= 0.6 is 0 Å². The number of anilines is 1. The number of para-hydroxylation sites is 2. The predicted octanol–water partition coefficient (Wildman–Crippen LogP) is 3.02. The van der Waals surface area contributed by atoms with Crippen LogP contribution in [0.3, 0.4) is 0 Å². The maximum Gasteiger partial charge on any atom is 0.237 e. The third-order valence-electron chi connectivity index (χ3n) is 5.34. The number of carbonyl (C=O) groups excluding carboxylic acids is 2. The van der Waals surface area contributed by atoms with Crippen LogP contribution in [0.1, 0.15) is 40.5 Å². The molecule has 0 aliphatic carbocycles. The van der Waals surface area contributed by atoms with Gasteiger partial charge >= 0.3 is 0 Å². The highest BCUT2D eigenvalue weighted by atomic mass is 16.5. The fourth-order valence-corrected chi connectivity index (χ4v) is 3.78. The highest BCUT2D eigenvalue weighted by molar-refractivity contribution is 6.04. The van der Waals surface area contributed by atoms with Gasteiger partial charge in [-0.25, -0.2) is 0 Å². The summed E-state index contributed by atoms with van der Waals surface area (Å²) in [4.78, 5) is 32.1. The molecule has 1 heterocycles. The lowest BCUT2D eigenvalue weighted by atomic mass is 9.89. The molecule has 0 aromatic heterocycles. The number of amides is 2. The molecular weight excluding hydrogens is 354 g/mol. The van der Waals surface area contributed by atoms with E-state index in [1.54, 1.807) is 21.0 Å². The average molecular weight is 390 g/mol. The molecule has 0 spiro atoms. The zero-order valence-corrected chi connectivity index (χ0v) is 18.0. The minimum Gasteiger partial charge on any atom is -0.495 e. The number of rotatable bonds is 8. The first kappa shape index (κ1) is 22.1. The topological polar surface area (TPSA) is 53.1 Å². The van der Waals surface area contributed by atoms with Gasteiger partial charge in [-0.15, -0.1) is 0 Å². The lowest BCUT2D eigenvalue weighted by Gasteiger charge is -2.40. The molecule has 1 aromatic carbocycles. The predicted molar refractivity (Wildman–Crippen MR) is 113 cm³/mol. The van der Waals surface area contributed by atoms with Crippen molar-refractivity contribution in [2.24, 2.45) is 5.41 Å². The van der Waals surface area contributed by atoms with Gasteiger partial charge < -0.3 is 19.4 Å². The second-order valence-electron chi connectivity index (χ2n) is 7.87. The molecule has 1 saturated heterocycles. The first-order chi connectivity index (χ1) is 13.4. The lowest BCUT2D eigenvalue weighted by Crippen LogP contribution is -2.56. The van der Waals surface area contributed by atoms with Crippen molar-refractivity contribution in [2.75, 3.05) is 51.3 Å². The smallest absolute Gasteiger partial charge is 0.237 e. The Morgan fingerprint density at radius 2 is 1.61 bits per heavy atom. The van der Waals surface area contributed by atoms with Gasteiger partial charge in [-0.05, 0) is 38.8 Å². The molecule has 0 N–H and O–H groups in total. The standard InChI is InChI=1S/C22H35N3O3/c1-6-12-24(13-7-2)20(26)22(3,4)21(27)25-16-14-23(15-17-25)18-10-8-9-11-19(18)28-5/h8-11H,6-7,12-17H2,1-5H3. The van der Waals surface area contributed by atoms with Crippen LogP contribution in [-0.2, 0) is 9.59 Å². The first-order valence-corrected chi connectivity index (χ1v) is 10.3. The Kier molecular flexibility index (Phi) is 7.72. The van der Waals surface area contributed by atoms with Crippen LogP contribution in [0.15, 0.2) is 24.3 Å². The Morgan fingerprint density at radius 3 is 2.14 bits per heavy atom. The summed E-state index contributed by atoms with van der Waals surface area (Å²) in [6.45, 7) is 11.7. The number of hydrogen-bond donors (Lipinski definition) is 0. The van der Waals surface area contributed by atoms with Crippen LogP contribution < -0.4 is 9.64 Å². The van der Waals surface area contributed by atoms with Crippen LogP contribution in [0.25, 0.3) is 0 Å². The maximum atomic E-state index is 13.2. The second kappa shape index (κ2) is 9.80. The Balaban J connectivity index is 2.04. The van der Waals surface area contributed by atoms with Crippen molar-refractivity contribution >= 4 is 17.5 Å². The van der Waals surface area contributed by atoms with Gasteiger partial charge in [0.15, 0.2) is 0 Å². The normalized spacial score (nSPS) is 14.8. The number of piperazine rings is 1. The minimum atomic E-state index is -1.03. The second-order valence-corrected chi connectivity index (χ2v) is 7.87. The van der Waals surface area contributed by atoms with E-state index in [2.05, 4.69) is 18.7 Å². The molecule has 2 amide bonds. The van der Waals surface area contributed by atoms with E-state index in [-0.39, 0.29) is 11.8 Å². The highest BCUT2D eigenvalue weighted by Crippen LogP contribution is 2.29. The van der Waals surface area contributed by atoms with E-state index in [4.69, 9.17) is 4.74 Å². The van der Waals surface area contributed by atoms with Crippen LogP contribution in [0.5, 0.6) is 5.75 Å². The van der Waals surface area contributed by atoms with Gasteiger partial charge in [-0.2, -0.15) is 0 Å². The molecule has 6 nitrogen and oxygen atoms in total. The first-order valence-electron chi connectivity index (χ1n) is 10.3. The van der Waals surface area contributed by atoms with E-state index in [0.29, 0.717) is 26.2 Å². The van der Waals surface area contributed by atoms with Crippen LogP contribution in [0.2, 0.25) is 0 Å². The molecule has 0 radical (unpaired) electrons. The molecule has 1 aliphatic rings. The number of ether oxygens (including phenoxy) is 1. The summed E-state index contributed by atoms with van der Waals surface area (Å²) in [5.74, 6) is 0.704. The van der Waals surface area contributed by atoms with Crippen molar-refractivity contribution in [1.82, 2.24) is 9.80 Å². The summed E-state index contributed by atoms with van der Waals surface area (Å²) >= 11 is 0. The number of benzene rings is 1. The lowest BCUT2D eigenvalue weighted by molar-refractivity contribution is -0.154. The van der Waals surface area contributed by atoms with Gasteiger partial charge in [0.25, 0.3) is 0 Å². The summed E-state index contributed by atoms with van der Waals surface area (Å²) < 4.78 is 5.46. The van der Waals surface area contributed by atoms with Crippen molar-refractivity contribution in [1.29, 1.82) is 0 Å². The SMILES string of the molecule is CCCN(CCC)C(=O)C(C)(C)C(=O)N1CCN(c2ccccc2OC)CC1. The number of nitrogens with zero attached hydrogens (tertiary/aromatic N) is 3. The summed E-state index contributed by atoms with van der Waals surface area (Å²) in [6, 6.07) is 7.93. The molecule has 1 fully saturated rings. The minimum absolute atomic E-state index is 0.0617.